The van der Waals surface area contributed by atoms with Gasteiger partial charge in [0.05, 0.1) is 0 Å². The zero-order valence-corrected chi connectivity index (χ0v) is 12.8. The predicted molar refractivity (Wildman–Crippen MR) is 78.4 cm³/mol. The second-order valence-corrected chi connectivity index (χ2v) is 5.93. The lowest BCUT2D eigenvalue weighted by molar-refractivity contribution is -0.137. The number of rotatable bonds is 5. The van der Waals surface area contributed by atoms with Crippen LogP contribution in [0.25, 0.3) is 0 Å². The fourth-order valence-corrected chi connectivity index (χ4v) is 2.30. The fourth-order valence-electron chi connectivity index (χ4n) is 2.04. The molecule has 0 saturated heterocycles. The minimum Gasteiger partial charge on any atom is -0.480 e. The van der Waals surface area contributed by atoms with Gasteiger partial charge in [-0.15, -0.1) is 0 Å². The van der Waals surface area contributed by atoms with Gasteiger partial charge in [-0.05, 0) is 30.5 Å². The largest absolute Gasteiger partial charge is 0.480 e. The van der Waals surface area contributed by atoms with E-state index < -0.39 is 5.97 Å². The maximum atomic E-state index is 12.3. The number of carbonyl (C=O) groups is 2. The zero-order valence-electron chi connectivity index (χ0n) is 11.3. The molecule has 0 aliphatic heterocycles. The van der Waals surface area contributed by atoms with E-state index in [0.29, 0.717) is 6.54 Å². The monoisotopic (exact) mass is 340 g/mol. The van der Waals surface area contributed by atoms with Gasteiger partial charge in [0.1, 0.15) is 6.54 Å². The first-order valence-electron chi connectivity index (χ1n) is 6.45. The zero-order chi connectivity index (χ0) is 14.7. The summed E-state index contributed by atoms with van der Waals surface area (Å²) in [6.07, 6.45) is 1.79. The molecule has 1 aromatic carbocycles. The molecule has 2 amide bonds. The SMILES string of the molecule is CN(Cc1ccc(Br)cc1)C(=O)N(CC(=O)O)C1CC1. The maximum absolute atomic E-state index is 12.3. The number of hydrogen-bond donors (Lipinski definition) is 1. The Bertz CT molecular complexity index is 500. The average molecular weight is 341 g/mol. The number of urea groups is 1. The van der Waals surface area contributed by atoms with Crippen molar-refractivity contribution >= 4 is 27.9 Å². The first-order valence-corrected chi connectivity index (χ1v) is 7.24. The molecule has 1 aliphatic carbocycles. The van der Waals surface area contributed by atoms with Crippen LogP contribution in [0.5, 0.6) is 0 Å². The van der Waals surface area contributed by atoms with Crippen molar-refractivity contribution < 1.29 is 14.7 Å². The highest BCUT2D eigenvalue weighted by Gasteiger charge is 2.35. The number of nitrogens with zero attached hydrogens (tertiary/aromatic N) is 2. The highest BCUT2D eigenvalue weighted by molar-refractivity contribution is 9.10. The van der Waals surface area contributed by atoms with Gasteiger partial charge >= 0.3 is 12.0 Å². The van der Waals surface area contributed by atoms with Crippen LogP contribution in [0, 0.1) is 0 Å². The van der Waals surface area contributed by atoms with Crippen LogP contribution in [0.3, 0.4) is 0 Å². The third-order valence-corrected chi connectivity index (χ3v) is 3.73. The predicted octanol–water partition coefficient (Wildman–Crippen LogP) is 2.55. The summed E-state index contributed by atoms with van der Waals surface area (Å²) >= 11 is 3.36. The van der Waals surface area contributed by atoms with E-state index in [1.807, 2.05) is 24.3 Å². The molecule has 108 valence electrons. The Hall–Kier alpha value is -1.56. The lowest BCUT2D eigenvalue weighted by Crippen LogP contribution is -2.44. The molecular formula is C14H17BrN2O3. The van der Waals surface area contributed by atoms with Gasteiger partial charge in [0.15, 0.2) is 0 Å². The van der Waals surface area contributed by atoms with E-state index in [0.717, 1.165) is 22.9 Å². The minimum atomic E-state index is -0.970. The molecule has 1 N–H and O–H groups in total. The van der Waals surface area contributed by atoms with Crippen LogP contribution < -0.4 is 0 Å². The third-order valence-electron chi connectivity index (χ3n) is 3.20. The molecule has 1 aromatic rings. The smallest absolute Gasteiger partial charge is 0.323 e. The number of benzene rings is 1. The summed E-state index contributed by atoms with van der Waals surface area (Å²) in [7, 11) is 1.70. The van der Waals surface area contributed by atoms with E-state index in [1.165, 1.54) is 4.90 Å². The van der Waals surface area contributed by atoms with Crippen molar-refractivity contribution in [1.82, 2.24) is 9.80 Å². The Morgan fingerprint density at radius 1 is 1.30 bits per heavy atom. The molecule has 0 spiro atoms. The van der Waals surface area contributed by atoms with E-state index in [9.17, 15) is 9.59 Å². The molecule has 5 nitrogen and oxygen atoms in total. The Kier molecular flexibility index (Phi) is 4.65. The van der Waals surface area contributed by atoms with Crippen LogP contribution in [0.1, 0.15) is 18.4 Å². The number of amides is 2. The average Bonchev–Trinajstić information content (AvgIpc) is 3.22. The van der Waals surface area contributed by atoms with Crippen LogP contribution in [-0.2, 0) is 11.3 Å². The van der Waals surface area contributed by atoms with E-state index in [4.69, 9.17) is 5.11 Å². The first kappa shape index (κ1) is 14.8. The van der Waals surface area contributed by atoms with Gasteiger partial charge in [0, 0.05) is 24.1 Å². The Balaban J connectivity index is 1.99. The highest BCUT2D eigenvalue weighted by Crippen LogP contribution is 2.27. The van der Waals surface area contributed by atoms with Crippen molar-refractivity contribution in [3.63, 3.8) is 0 Å². The number of carboxylic acid groups (broad SMARTS) is 1. The lowest BCUT2D eigenvalue weighted by Gasteiger charge is -2.27. The second-order valence-electron chi connectivity index (χ2n) is 5.02. The lowest BCUT2D eigenvalue weighted by atomic mass is 10.2. The van der Waals surface area contributed by atoms with Gasteiger partial charge < -0.3 is 14.9 Å². The van der Waals surface area contributed by atoms with Crippen molar-refractivity contribution in [1.29, 1.82) is 0 Å². The molecule has 0 unspecified atom stereocenters. The van der Waals surface area contributed by atoms with Crippen LogP contribution in [-0.4, -0.2) is 46.5 Å². The number of aliphatic carboxylic acids is 1. The summed E-state index contributed by atoms with van der Waals surface area (Å²) in [4.78, 5) is 26.2. The molecule has 0 bridgehead atoms. The number of halogens is 1. The van der Waals surface area contributed by atoms with Gasteiger partial charge in [-0.1, -0.05) is 28.1 Å². The Labute approximate surface area is 126 Å². The van der Waals surface area contributed by atoms with Gasteiger partial charge in [-0.3, -0.25) is 4.79 Å². The van der Waals surface area contributed by atoms with Gasteiger partial charge in [-0.2, -0.15) is 0 Å². The summed E-state index contributed by atoms with van der Waals surface area (Å²) in [5.41, 5.74) is 1.01. The Morgan fingerprint density at radius 3 is 2.40 bits per heavy atom. The van der Waals surface area contributed by atoms with Crippen molar-refractivity contribution in [2.24, 2.45) is 0 Å². The normalized spacial score (nSPS) is 13.9. The van der Waals surface area contributed by atoms with E-state index in [1.54, 1.807) is 11.9 Å². The van der Waals surface area contributed by atoms with E-state index in [2.05, 4.69) is 15.9 Å². The molecule has 1 aliphatic rings. The molecular weight excluding hydrogens is 324 g/mol. The van der Waals surface area contributed by atoms with Crippen LogP contribution in [0.2, 0.25) is 0 Å². The maximum Gasteiger partial charge on any atom is 0.323 e. The molecule has 6 heteroatoms. The summed E-state index contributed by atoms with van der Waals surface area (Å²) in [5.74, 6) is -0.970. The van der Waals surface area contributed by atoms with E-state index in [-0.39, 0.29) is 18.6 Å². The Morgan fingerprint density at radius 2 is 1.90 bits per heavy atom. The van der Waals surface area contributed by atoms with Gasteiger partial charge in [0.25, 0.3) is 0 Å². The van der Waals surface area contributed by atoms with Crippen LogP contribution in [0.4, 0.5) is 4.79 Å². The quantitative estimate of drug-likeness (QED) is 0.895. The molecule has 0 aromatic heterocycles. The molecule has 0 heterocycles. The third kappa shape index (κ3) is 3.96. The molecule has 2 rings (SSSR count). The molecule has 20 heavy (non-hydrogen) atoms. The fraction of sp³-hybridized carbons (Fsp3) is 0.429. The highest BCUT2D eigenvalue weighted by atomic mass is 79.9. The number of carbonyl (C=O) groups excluding carboxylic acids is 1. The van der Waals surface area contributed by atoms with Crippen LogP contribution in [0.15, 0.2) is 28.7 Å². The molecule has 0 atom stereocenters. The van der Waals surface area contributed by atoms with E-state index >= 15 is 0 Å². The number of hydrogen-bond acceptors (Lipinski definition) is 2. The molecule has 0 radical (unpaired) electrons. The summed E-state index contributed by atoms with van der Waals surface area (Å²) < 4.78 is 0.987. The van der Waals surface area contributed by atoms with Crippen molar-refractivity contribution in [3.8, 4) is 0 Å². The van der Waals surface area contributed by atoms with Crippen molar-refractivity contribution in [2.45, 2.75) is 25.4 Å². The summed E-state index contributed by atoms with van der Waals surface area (Å²) in [6, 6.07) is 7.58. The second kappa shape index (κ2) is 6.26. The summed E-state index contributed by atoms with van der Waals surface area (Å²) in [5, 5.41) is 8.89. The molecule has 1 fully saturated rings. The minimum absolute atomic E-state index is 0.0889. The molecule has 1 saturated carbocycles. The summed E-state index contributed by atoms with van der Waals surface area (Å²) in [6.45, 7) is 0.239. The van der Waals surface area contributed by atoms with Crippen LogP contribution >= 0.6 is 15.9 Å². The standard InChI is InChI=1S/C14H17BrN2O3/c1-16(8-10-2-4-11(15)5-3-10)14(20)17(9-13(18)19)12-6-7-12/h2-5,12H,6-9H2,1H3,(H,18,19). The van der Waals surface area contributed by atoms with Crippen molar-refractivity contribution in [2.75, 3.05) is 13.6 Å². The van der Waals surface area contributed by atoms with Gasteiger partial charge in [0.2, 0.25) is 0 Å². The van der Waals surface area contributed by atoms with Crippen molar-refractivity contribution in [3.05, 3.63) is 34.3 Å². The number of carboxylic acids is 1. The first-order chi connectivity index (χ1) is 9.47. The van der Waals surface area contributed by atoms with Gasteiger partial charge in [-0.25, -0.2) is 4.79 Å². The topological polar surface area (TPSA) is 60.9 Å².